The maximum absolute atomic E-state index is 2.42. The second kappa shape index (κ2) is 4.50. The van der Waals surface area contributed by atoms with E-state index in [-0.39, 0.29) is 0 Å². The molecule has 0 aliphatic rings. The zero-order valence-corrected chi connectivity index (χ0v) is 10.0. The van der Waals surface area contributed by atoms with Gasteiger partial charge in [0, 0.05) is 18.8 Å². The molecule has 1 aromatic carbocycles. The van der Waals surface area contributed by atoms with Crippen LogP contribution in [0.5, 0.6) is 0 Å². The van der Waals surface area contributed by atoms with Gasteiger partial charge in [0.2, 0.25) is 0 Å². The number of aryl methyl sites for hydroxylation is 3. The third-order valence-electron chi connectivity index (χ3n) is 2.72. The maximum Gasteiger partial charge on any atom is 0.0425 e. The fraction of sp³-hybridized carbons (Fsp3) is 0.538. The van der Waals surface area contributed by atoms with Crippen molar-refractivity contribution in [3.8, 4) is 0 Å². The van der Waals surface area contributed by atoms with E-state index in [1.165, 1.54) is 22.4 Å². The van der Waals surface area contributed by atoms with Crippen molar-refractivity contribution in [3.63, 3.8) is 0 Å². The first-order valence-corrected chi connectivity index (χ1v) is 5.42. The fourth-order valence-electron chi connectivity index (χ4n) is 2.21. The topological polar surface area (TPSA) is 3.24 Å². The molecule has 0 bridgehead atoms. The van der Waals surface area contributed by atoms with Gasteiger partial charge in [-0.05, 0) is 45.7 Å². The van der Waals surface area contributed by atoms with Crippen LogP contribution in [0.3, 0.4) is 0 Å². The Morgan fingerprint density at radius 1 is 0.929 bits per heavy atom. The highest BCUT2D eigenvalue weighted by Gasteiger charge is 2.08. The van der Waals surface area contributed by atoms with Crippen LogP contribution in [0.2, 0.25) is 0 Å². The summed E-state index contributed by atoms with van der Waals surface area (Å²) in [4.78, 5) is 2.42. The molecule has 14 heavy (non-hydrogen) atoms. The molecule has 0 aliphatic carbocycles. The van der Waals surface area contributed by atoms with E-state index in [1.807, 2.05) is 0 Å². The number of nitrogens with zero attached hydrogens (tertiary/aromatic N) is 1. The zero-order chi connectivity index (χ0) is 10.7. The third-order valence-corrected chi connectivity index (χ3v) is 2.72. The molecule has 0 fully saturated rings. The second-order valence-corrected chi connectivity index (χ2v) is 3.92. The van der Waals surface area contributed by atoms with E-state index in [4.69, 9.17) is 0 Å². The molecular weight excluding hydrogens is 170 g/mol. The predicted octanol–water partition coefficient (Wildman–Crippen LogP) is 3.46. The molecule has 1 nitrogen and oxygen atoms in total. The van der Waals surface area contributed by atoms with Crippen molar-refractivity contribution in [2.45, 2.75) is 34.6 Å². The summed E-state index contributed by atoms with van der Waals surface area (Å²) in [6.45, 7) is 13.2. The highest BCUT2D eigenvalue weighted by molar-refractivity contribution is 5.60. The highest BCUT2D eigenvalue weighted by Crippen LogP contribution is 2.25. The van der Waals surface area contributed by atoms with Crippen LogP contribution in [0, 0.1) is 20.8 Å². The van der Waals surface area contributed by atoms with Crippen molar-refractivity contribution in [3.05, 3.63) is 28.8 Å². The average molecular weight is 191 g/mol. The maximum atomic E-state index is 2.42. The van der Waals surface area contributed by atoms with Gasteiger partial charge in [-0.25, -0.2) is 0 Å². The molecule has 0 amide bonds. The SMILES string of the molecule is CCN(CC)c1c(C)cc(C)cc1C. The number of hydrogen-bond donors (Lipinski definition) is 0. The lowest BCUT2D eigenvalue weighted by Crippen LogP contribution is -2.23. The molecule has 0 radical (unpaired) electrons. The zero-order valence-electron chi connectivity index (χ0n) is 10.0. The van der Waals surface area contributed by atoms with Gasteiger partial charge in [-0.15, -0.1) is 0 Å². The van der Waals surface area contributed by atoms with Gasteiger partial charge in [-0.3, -0.25) is 0 Å². The van der Waals surface area contributed by atoms with Crippen molar-refractivity contribution < 1.29 is 0 Å². The number of benzene rings is 1. The molecule has 0 aromatic heterocycles. The lowest BCUT2D eigenvalue weighted by molar-refractivity contribution is 0.856. The molecule has 1 rings (SSSR count). The summed E-state index contributed by atoms with van der Waals surface area (Å²) in [7, 11) is 0. The van der Waals surface area contributed by atoms with E-state index in [0.717, 1.165) is 13.1 Å². The quantitative estimate of drug-likeness (QED) is 0.707. The smallest absolute Gasteiger partial charge is 0.0425 e. The first-order valence-electron chi connectivity index (χ1n) is 5.42. The summed E-state index contributed by atoms with van der Waals surface area (Å²) in [6, 6.07) is 4.53. The van der Waals surface area contributed by atoms with Gasteiger partial charge >= 0.3 is 0 Å². The van der Waals surface area contributed by atoms with Crippen LogP contribution >= 0.6 is 0 Å². The van der Waals surface area contributed by atoms with Crippen molar-refractivity contribution in [1.82, 2.24) is 0 Å². The first kappa shape index (κ1) is 11.1. The summed E-state index contributed by atoms with van der Waals surface area (Å²) >= 11 is 0. The van der Waals surface area contributed by atoms with E-state index in [1.54, 1.807) is 0 Å². The summed E-state index contributed by atoms with van der Waals surface area (Å²) in [6.07, 6.45) is 0. The van der Waals surface area contributed by atoms with E-state index in [0.29, 0.717) is 0 Å². The fourth-order valence-corrected chi connectivity index (χ4v) is 2.21. The standard InChI is InChI=1S/C13H21N/c1-6-14(7-2)13-11(4)8-10(3)9-12(13)5/h8-9H,6-7H2,1-5H3. The number of rotatable bonds is 3. The van der Waals surface area contributed by atoms with E-state index < -0.39 is 0 Å². The van der Waals surface area contributed by atoms with Gasteiger partial charge in [0.25, 0.3) is 0 Å². The van der Waals surface area contributed by atoms with Crippen molar-refractivity contribution in [1.29, 1.82) is 0 Å². The van der Waals surface area contributed by atoms with E-state index in [9.17, 15) is 0 Å². The predicted molar refractivity (Wildman–Crippen MR) is 64.2 cm³/mol. The summed E-state index contributed by atoms with van der Waals surface area (Å²) in [5.74, 6) is 0. The summed E-state index contributed by atoms with van der Waals surface area (Å²) < 4.78 is 0. The third kappa shape index (κ3) is 2.09. The molecule has 0 atom stereocenters. The Balaban J connectivity index is 3.19. The van der Waals surface area contributed by atoms with Crippen LogP contribution < -0.4 is 4.90 Å². The monoisotopic (exact) mass is 191 g/mol. The molecule has 78 valence electrons. The summed E-state index contributed by atoms with van der Waals surface area (Å²) in [5.41, 5.74) is 5.56. The van der Waals surface area contributed by atoms with Gasteiger partial charge in [-0.2, -0.15) is 0 Å². The second-order valence-electron chi connectivity index (χ2n) is 3.92. The van der Waals surface area contributed by atoms with Crippen LogP contribution in [-0.4, -0.2) is 13.1 Å². The van der Waals surface area contributed by atoms with E-state index >= 15 is 0 Å². The van der Waals surface area contributed by atoms with Gasteiger partial charge in [0.15, 0.2) is 0 Å². The molecule has 0 heterocycles. The van der Waals surface area contributed by atoms with Crippen LogP contribution in [0.15, 0.2) is 12.1 Å². The Labute approximate surface area is 87.7 Å². The molecular formula is C13H21N. The Hall–Kier alpha value is -0.980. The highest BCUT2D eigenvalue weighted by atomic mass is 15.1. The minimum Gasteiger partial charge on any atom is -0.372 e. The molecule has 0 spiro atoms. The largest absolute Gasteiger partial charge is 0.372 e. The molecule has 0 N–H and O–H groups in total. The minimum absolute atomic E-state index is 1.08. The van der Waals surface area contributed by atoms with Gasteiger partial charge in [-0.1, -0.05) is 17.7 Å². The van der Waals surface area contributed by atoms with Crippen LogP contribution in [0.1, 0.15) is 30.5 Å². The van der Waals surface area contributed by atoms with Gasteiger partial charge < -0.3 is 4.90 Å². The molecule has 0 unspecified atom stereocenters. The van der Waals surface area contributed by atoms with Crippen LogP contribution in [-0.2, 0) is 0 Å². The molecule has 0 saturated heterocycles. The number of hydrogen-bond acceptors (Lipinski definition) is 1. The number of anilines is 1. The van der Waals surface area contributed by atoms with Crippen molar-refractivity contribution in [2.24, 2.45) is 0 Å². The lowest BCUT2D eigenvalue weighted by Gasteiger charge is -2.25. The van der Waals surface area contributed by atoms with Gasteiger partial charge in [0.1, 0.15) is 0 Å². The Bertz CT molecular complexity index is 288. The summed E-state index contributed by atoms with van der Waals surface area (Å²) in [5, 5.41) is 0. The minimum atomic E-state index is 1.08. The van der Waals surface area contributed by atoms with E-state index in [2.05, 4.69) is 51.7 Å². The molecule has 0 aliphatic heterocycles. The van der Waals surface area contributed by atoms with Gasteiger partial charge in [0.05, 0.1) is 0 Å². The lowest BCUT2D eigenvalue weighted by atomic mass is 10.0. The average Bonchev–Trinajstić information content (AvgIpc) is 2.10. The molecule has 1 aromatic rings. The Morgan fingerprint density at radius 3 is 1.71 bits per heavy atom. The van der Waals surface area contributed by atoms with Crippen LogP contribution in [0.4, 0.5) is 5.69 Å². The molecule has 0 saturated carbocycles. The normalized spacial score (nSPS) is 10.4. The van der Waals surface area contributed by atoms with Crippen LogP contribution in [0.25, 0.3) is 0 Å². The Morgan fingerprint density at radius 2 is 1.36 bits per heavy atom. The van der Waals surface area contributed by atoms with Crippen molar-refractivity contribution in [2.75, 3.05) is 18.0 Å². The van der Waals surface area contributed by atoms with Crippen molar-refractivity contribution >= 4 is 5.69 Å². The Kier molecular flexibility index (Phi) is 3.56. The first-order chi connectivity index (χ1) is 6.60. The molecule has 1 heteroatoms.